The SMILES string of the molecule is Cc1ccc(Br)cc1S(=O)(=O)NC1CC=CCC1. The van der Waals surface area contributed by atoms with Crippen molar-refractivity contribution in [1.82, 2.24) is 4.72 Å². The summed E-state index contributed by atoms with van der Waals surface area (Å²) in [5.74, 6) is 0. The number of allylic oxidation sites excluding steroid dienone is 1. The van der Waals surface area contributed by atoms with Crippen molar-refractivity contribution in [2.45, 2.75) is 37.1 Å². The zero-order valence-corrected chi connectivity index (χ0v) is 12.6. The van der Waals surface area contributed by atoms with Crippen LogP contribution in [0, 0.1) is 6.92 Å². The number of hydrogen-bond donors (Lipinski definition) is 1. The highest BCUT2D eigenvalue weighted by molar-refractivity contribution is 9.10. The van der Waals surface area contributed by atoms with Crippen molar-refractivity contribution in [3.63, 3.8) is 0 Å². The number of benzene rings is 1. The summed E-state index contributed by atoms with van der Waals surface area (Å²) in [5, 5.41) is 0. The van der Waals surface area contributed by atoms with Gasteiger partial charge in [0, 0.05) is 10.5 Å². The summed E-state index contributed by atoms with van der Waals surface area (Å²) in [5.41, 5.74) is 0.761. The number of hydrogen-bond acceptors (Lipinski definition) is 2. The van der Waals surface area contributed by atoms with E-state index in [9.17, 15) is 8.42 Å². The van der Waals surface area contributed by atoms with Gasteiger partial charge in [0.25, 0.3) is 0 Å². The predicted octanol–water partition coefficient (Wildman–Crippen LogP) is 3.14. The zero-order valence-electron chi connectivity index (χ0n) is 10.2. The van der Waals surface area contributed by atoms with Gasteiger partial charge >= 0.3 is 0 Å². The molecule has 98 valence electrons. The molecule has 0 bridgehead atoms. The lowest BCUT2D eigenvalue weighted by Gasteiger charge is -2.20. The second-order valence-electron chi connectivity index (χ2n) is 4.51. The van der Waals surface area contributed by atoms with Crippen LogP contribution in [0.1, 0.15) is 24.8 Å². The summed E-state index contributed by atoms with van der Waals surface area (Å²) in [6, 6.07) is 5.31. The molecule has 0 amide bonds. The van der Waals surface area contributed by atoms with E-state index >= 15 is 0 Å². The predicted molar refractivity (Wildman–Crippen MR) is 76.0 cm³/mol. The molecule has 3 nitrogen and oxygen atoms in total. The van der Waals surface area contributed by atoms with Crippen LogP contribution in [0.25, 0.3) is 0 Å². The number of nitrogens with one attached hydrogen (secondary N) is 1. The molecule has 18 heavy (non-hydrogen) atoms. The Morgan fingerprint density at radius 3 is 2.78 bits per heavy atom. The van der Waals surface area contributed by atoms with Crippen molar-refractivity contribution >= 4 is 26.0 Å². The van der Waals surface area contributed by atoms with Crippen LogP contribution in [-0.2, 0) is 10.0 Å². The monoisotopic (exact) mass is 329 g/mol. The van der Waals surface area contributed by atoms with E-state index in [2.05, 4.69) is 26.7 Å². The molecular weight excluding hydrogens is 314 g/mol. The molecule has 1 aromatic rings. The van der Waals surface area contributed by atoms with E-state index < -0.39 is 10.0 Å². The fourth-order valence-corrected chi connectivity index (χ4v) is 4.11. The fourth-order valence-electron chi connectivity index (χ4n) is 2.05. The standard InChI is InChI=1S/C13H16BrNO2S/c1-10-7-8-11(14)9-13(10)18(16,17)15-12-5-3-2-4-6-12/h2-3,7-9,12,15H,4-6H2,1H3. The van der Waals surface area contributed by atoms with Gasteiger partial charge < -0.3 is 0 Å². The minimum atomic E-state index is -3.43. The van der Waals surface area contributed by atoms with Gasteiger partial charge in [-0.1, -0.05) is 34.1 Å². The van der Waals surface area contributed by atoms with Gasteiger partial charge in [0.15, 0.2) is 0 Å². The Morgan fingerprint density at radius 2 is 2.11 bits per heavy atom. The minimum absolute atomic E-state index is 0.0124. The Kier molecular flexibility index (Phi) is 4.25. The number of halogens is 1. The van der Waals surface area contributed by atoms with Gasteiger partial charge in [-0.3, -0.25) is 0 Å². The molecule has 0 fully saturated rings. The molecule has 0 heterocycles. The zero-order chi connectivity index (χ0) is 13.2. The first kappa shape index (κ1) is 13.8. The molecule has 1 aromatic carbocycles. The van der Waals surface area contributed by atoms with Crippen molar-refractivity contribution in [3.8, 4) is 0 Å². The highest BCUT2D eigenvalue weighted by Gasteiger charge is 2.22. The normalized spacial score (nSPS) is 20.0. The van der Waals surface area contributed by atoms with Crippen molar-refractivity contribution in [3.05, 3.63) is 40.4 Å². The van der Waals surface area contributed by atoms with E-state index in [1.54, 1.807) is 12.1 Å². The maximum atomic E-state index is 12.3. The highest BCUT2D eigenvalue weighted by Crippen LogP contribution is 2.22. The molecule has 0 saturated carbocycles. The van der Waals surface area contributed by atoms with E-state index in [1.165, 1.54) is 0 Å². The van der Waals surface area contributed by atoms with Crippen molar-refractivity contribution in [2.24, 2.45) is 0 Å². The summed E-state index contributed by atoms with van der Waals surface area (Å²) in [6.07, 6.45) is 6.69. The summed E-state index contributed by atoms with van der Waals surface area (Å²) < 4.78 is 28.2. The summed E-state index contributed by atoms with van der Waals surface area (Å²) in [7, 11) is -3.43. The number of sulfonamides is 1. The Balaban J connectivity index is 2.24. The van der Waals surface area contributed by atoms with E-state index in [1.807, 2.05) is 19.1 Å². The third-order valence-corrected chi connectivity index (χ3v) is 5.19. The van der Waals surface area contributed by atoms with Crippen LogP contribution in [0.4, 0.5) is 0 Å². The molecule has 2 rings (SSSR count). The lowest BCUT2D eigenvalue weighted by molar-refractivity contribution is 0.522. The van der Waals surface area contributed by atoms with Crippen molar-refractivity contribution in [1.29, 1.82) is 0 Å². The molecule has 0 saturated heterocycles. The Hall–Kier alpha value is -0.650. The van der Waals surface area contributed by atoms with E-state index in [0.29, 0.717) is 4.90 Å². The van der Waals surface area contributed by atoms with Crippen LogP contribution in [-0.4, -0.2) is 14.5 Å². The van der Waals surface area contributed by atoms with E-state index in [0.717, 1.165) is 29.3 Å². The lowest BCUT2D eigenvalue weighted by atomic mass is 10.0. The average molecular weight is 330 g/mol. The average Bonchev–Trinajstić information content (AvgIpc) is 2.33. The number of rotatable bonds is 3. The first-order chi connectivity index (χ1) is 8.49. The fraction of sp³-hybridized carbons (Fsp3) is 0.385. The van der Waals surface area contributed by atoms with Crippen LogP contribution in [0.15, 0.2) is 39.7 Å². The molecular formula is C13H16BrNO2S. The maximum Gasteiger partial charge on any atom is 0.241 e. The molecule has 0 aliphatic heterocycles. The first-order valence-electron chi connectivity index (χ1n) is 5.92. The highest BCUT2D eigenvalue weighted by atomic mass is 79.9. The van der Waals surface area contributed by atoms with Gasteiger partial charge in [0.1, 0.15) is 0 Å². The molecule has 0 radical (unpaired) electrons. The Morgan fingerprint density at radius 1 is 1.33 bits per heavy atom. The third-order valence-electron chi connectivity index (χ3n) is 3.03. The van der Waals surface area contributed by atoms with Crippen LogP contribution in [0.3, 0.4) is 0 Å². The lowest BCUT2D eigenvalue weighted by Crippen LogP contribution is -2.35. The van der Waals surface area contributed by atoms with Gasteiger partial charge in [-0.15, -0.1) is 0 Å². The van der Waals surface area contributed by atoms with Crippen molar-refractivity contribution in [2.75, 3.05) is 0 Å². The largest absolute Gasteiger partial charge is 0.241 e. The molecule has 1 atom stereocenters. The van der Waals surface area contributed by atoms with Gasteiger partial charge in [-0.05, 0) is 43.9 Å². The van der Waals surface area contributed by atoms with Crippen LogP contribution in [0.2, 0.25) is 0 Å². The summed E-state index contributed by atoms with van der Waals surface area (Å²) in [6.45, 7) is 1.81. The summed E-state index contributed by atoms with van der Waals surface area (Å²) in [4.78, 5) is 0.353. The molecule has 1 unspecified atom stereocenters. The van der Waals surface area contributed by atoms with Crippen LogP contribution < -0.4 is 4.72 Å². The van der Waals surface area contributed by atoms with E-state index in [4.69, 9.17) is 0 Å². The summed E-state index contributed by atoms with van der Waals surface area (Å²) >= 11 is 3.31. The Bertz CT molecular complexity index is 566. The second kappa shape index (κ2) is 5.55. The molecule has 1 aliphatic carbocycles. The first-order valence-corrected chi connectivity index (χ1v) is 8.20. The quantitative estimate of drug-likeness (QED) is 0.866. The molecule has 5 heteroatoms. The topological polar surface area (TPSA) is 46.2 Å². The molecule has 0 aromatic heterocycles. The van der Waals surface area contributed by atoms with E-state index in [-0.39, 0.29) is 6.04 Å². The Labute approximate surface area is 116 Å². The maximum absolute atomic E-state index is 12.3. The van der Waals surface area contributed by atoms with Crippen molar-refractivity contribution < 1.29 is 8.42 Å². The van der Waals surface area contributed by atoms with Crippen LogP contribution in [0.5, 0.6) is 0 Å². The second-order valence-corrected chi connectivity index (χ2v) is 7.11. The minimum Gasteiger partial charge on any atom is -0.208 e. The molecule has 1 aliphatic rings. The van der Waals surface area contributed by atoms with Gasteiger partial charge in [-0.2, -0.15) is 0 Å². The smallest absolute Gasteiger partial charge is 0.208 e. The van der Waals surface area contributed by atoms with Crippen LogP contribution >= 0.6 is 15.9 Å². The van der Waals surface area contributed by atoms with Gasteiger partial charge in [-0.25, -0.2) is 13.1 Å². The van der Waals surface area contributed by atoms with Gasteiger partial charge in [0.2, 0.25) is 10.0 Å². The molecule has 0 spiro atoms. The number of aryl methyl sites for hydroxylation is 1. The third kappa shape index (κ3) is 3.22. The molecule has 1 N–H and O–H groups in total. The van der Waals surface area contributed by atoms with Gasteiger partial charge in [0.05, 0.1) is 4.90 Å².